The van der Waals surface area contributed by atoms with E-state index in [4.69, 9.17) is 9.47 Å². The Bertz CT molecular complexity index is 520. The molecule has 0 N–H and O–H groups in total. The average molecular weight is 293 g/mol. The van der Waals surface area contributed by atoms with Crippen molar-refractivity contribution in [2.24, 2.45) is 16.8 Å². The van der Waals surface area contributed by atoms with Gasteiger partial charge in [0, 0.05) is 19.5 Å². The first-order chi connectivity index (χ1) is 10.0. The van der Waals surface area contributed by atoms with Gasteiger partial charge >= 0.3 is 11.9 Å². The second-order valence-electron chi connectivity index (χ2n) is 5.43. The maximum absolute atomic E-state index is 12.0. The third kappa shape index (κ3) is 3.77. The van der Waals surface area contributed by atoms with Crippen LogP contribution in [0.5, 0.6) is 0 Å². The van der Waals surface area contributed by atoms with Gasteiger partial charge in [-0.15, -0.1) is 0 Å². The second kappa shape index (κ2) is 6.65. The van der Waals surface area contributed by atoms with Crippen molar-refractivity contribution in [2.75, 3.05) is 13.7 Å². The van der Waals surface area contributed by atoms with Crippen LogP contribution >= 0.6 is 0 Å². The molecule has 114 valence electrons. The molecule has 1 saturated carbocycles. The molecule has 2 atom stereocenters. The number of hydrogen-bond acceptors (Lipinski definition) is 6. The monoisotopic (exact) mass is 293 g/mol. The van der Waals surface area contributed by atoms with Crippen molar-refractivity contribution in [3.8, 4) is 0 Å². The average Bonchev–Trinajstić information content (AvgIpc) is 3.12. The lowest BCUT2D eigenvalue weighted by Crippen LogP contribution is -2.19. The van der Waals surface area contributed by atoms with E-state index in [0.717, 1.165) is 5.57 Å². The summed E-state index contributed by atoms with van der Waals surface area (Å²) < 4.78 is 9.95. The Kier molecular flexibility index (Phi) is 4.88. The Morgan fingerprint density at radius 3 is 2.48 bits per heavy atom. The number of esters is 2. The van der Waals surface area contributed by atoms with Gasteiger partial charge < -0.3 is 9.47 Å². The number of hydrogen-bond donors (Lipinski definition) is 0. The van der Waals surface area contributed by atoms with E-state index in [1.807, 2.05) is 0 Å². The van der Waals surface area contributed by atoms with E-state index < -0.39 is 0 Å². The molecule has 0 aromatic heterocycles. The predicted octanol–water partition coefficient (Wildman–Crippen LogP) is 1.44. The summed E-state index contributed by atoms with van der Waals surface area (Å²) in [6.07, 6.45) is 3.81. The normalized spacial score (nSPS) is 24.3. The standard InChI is InChI=1S/C15H19NO5/c1-9(17)13-5-10(7-16-13)8-21-15(19)12-4-3-11(6-12)14(18)20-2/h7,11-12H,3-6,8H2,1-2H3/t11-,12-/m1/s1. The molecule has 2 aliphatic rings. The largest absolute Gasteiger partial charge is 0.469 e. The molecule has 1 aliphatic carbocycles. The van der Waals surface area contributed by atoms with Gasteiger partial charge in [-0.25, -0.2) is 0 Å². The molecule has 6 heteroatoms. The molecule has 0 bridgehead atoms. The number of carbonyl (C=O) groups is 3. The maximum Gasteiger partial charge on any atom is 0.309 e. The Morgan fingerprint density at radius 1 is 1.24 bits per heavy atom. The number of nitrogens with zero attached hydrogens (tertiary/aromatic N) is 1. The SMILES string of the molecule is COC(=O)[C@@H]1CC[C@@H](C(=O)OCC2=CN=C(C(C)=O)C2)C1. The highest BCUT2D eigenvalue weighted by atomic mass is 16.5. The minimum absolute atomic E-state index is 0.0655. The smallest absolute Gasteiger partial charge is 0.309 e. The van der Waals surface area contributed by atoms with Gasteiger partial charge in [-0.05, 0) is 24.8 Å². The lowest BCUT2D eigenvalue weighted by molar-refractivity contribution is -0.148. The third-order valence-corrected chi connectivity index (χ3v) is 3.90. The van der Waals surface area contributed by atoms with E-state index in [1.165, 1.54) is 14.0 Å². The van der Waals surface area contributed by atoms with E-state index in [1.54, 1.807) is 6.20 Å². The predicted molar refractivity (Wildman–Crippen MR) is 74.6 cm³/mol. The molecule has 0 amide bonds. The highest BCUT2D eigenvalue weighted by Crippen LogP contribution is 2.32. The molecule has 0 aromatic carbocycles. The summed E-state index contributed by atoms with van der Waals surface area (Å²) in [5.41, 5.74) is 1.31. The van der Waals surface area contributed by atoms with Crippen molar-refractivity contribution in [1.82, 2.24) is 0 Å². The Hall–Kier alpha value is -1.98. The summed E-state index contributed by atoms with van der Waals surface area (Å²) in [6.45, 7) is 1.62. The van der Waals surface area contributed by atoms with Gasteiger partial charge in [0.05, 0.1) is 24.7 Å². The maximum atomic E-state index is 12.0. The molecule has 0 unspecified atom stereocenters. The summed E-state index contributed by atoms with van der Waals surface area (Å²) in [7, 11) is 1.35. The Balaban J connectivity index is 1.74. The van der Waals surface area contributed by atoms with Crippen LogP contribution in [0.15, 0.2) is 16.8 Å². The molecule has 21 heavy (non-hydrogen) atoms. The molecular formula is C15H19NO5. The zero-order chi connectivity index (χ0) is 15.4. The third-order valence-electron chi connectivity index (χ3n) is 3.90. The van der Waals surface area contributed by atoms with Gasteiger partial charge in [-0.2, -0.15) is 0 Å². The number of rotatable bonds is 5. The van der Waals surface area contributed by atoms with Gasteiger partial charge in [0.15, 0.2) is 5.78 Å². The molecule has 2 rings (SSSR count). The van der Waals surface area contributed by atoms with Crippen molar-refractivity contribution in [3.63, 3.8) is 0 Å². The van der Waals surface area contributed by atoms with Crippen LogP contribution in [0.3, 0.4) is 0 Å². The second-order valence-corrected chi connectivity index (χ2v) is 5.43. The van der Waals surface area contributed by atoms with Crippen LogP contribution in [0.25, 0.3) is 0 Å². The number of carbonyl (C=O) groups excluding carboxylic acids is 3. The fourth-order valence-electron chi connectivity index (χ4n) is 2.64. The quantitative estimate of drug-likeness (QED) is 0.716. The molecule has 1 heterocycles. The molecule has 0 spiro atoms. The van der Waals surface area contributed by atoms with Gasteiger partial charge in [0.25, 0.3) is 0 Å². The van der Waals surface area contributed by atoms with Gasteiger partial charge in [-0.1, -0.05) is 0 Å². The summed E-state index contributed by atoms with van der Waals surface area (Å²) in [5, 5.41) is 0. The summed E-state index contributed by atoms with van der Waals surface area (Å²) in [4.78, 5) is 38.5. The molecule has 0 saturated heterocycles. The number of Topliss-reactive ketones (excluding diaryl/α,β-unsaturated/α-hetero) is 1. The van der Waals surface area contributed by atoms with Crippen molar-refractivity contribution >= 4 is 23.4 Å². The number of aliphatic imine (C=N–C) groups is 1. The molecule has 1 aliphatic heterocycles. The van der Waals surface area contributed by atoms with Crippen molar-refractivity contribution in [1.29, 1.82) is 0 Å². The Labute approximate surface area is 123 Å². The van der Waals surface area contributed by atoms with E-state index in [9.17, 15) is 14.4 Å². The summed E-state index contributed by atoms with van der Waals surface area (Å²) in [6, 6.07) is 0. The molecule has 6 nitrogen and oxygen atoms in total. The van der Waals surface area contributed by atoms with Crippen molar-refractivity contribution in [2.45, 2.75) is 32.6 Å². The van der Waals surface area contributed by atoms with Crippen LogP contribution < -0.4 is 0 Å². The summed E-state index contributed by atoms with van der Waals surface area (Å²) >= 11 is 0. The van der Waals surface area contributed by atoms with E-state index in [0.29, 0.717) is 31.4 Å². The highest BCUT2D eigenvalue weighted by Gasteiger charge is 2.35. The van der Waals surface area contributed by atoms with E-state index in [-0.39, 0.29) is 36.2 Å². The van der Waals surface area contributed by atoms with Crippen LogP contribution in [0.4, 0.5) is 0 Å². The van der Waals surface area contributed by atoms with Crippen molar-refractivity contribution < 1.29 is 23.9 Å². The van der Waals surface area contributed by atoms with Crippen LogP contribution in [0.2, 0.25) is 0 Å². The Morgan fingerprint density at radius 2 is 1.90 bits per heavy atom. The van der Waals surface area contributed by atoms with Crippen LogP contribution in [0.1, 0.15) is 32.6 Å². The highest BCUT2D eigenvalue weighted by molar-refractivity contribution is 6.40. The zero-order valence-electron chi connectivity index (χ0n) is 12.3. The first kappa shape index (κ1) is 15.4. The van der Waals surface area contributed by atoms with E-state index in [2.05, 4.69) is 4.99 Å². The minimum Gasteiger partial charge on any atom is -0.469 e. The molecule has 0 aromatic rings. The van der Waals surface area contributed by atoms with Crippen LogP contribution in [-0.4, -0.2) is 37.2 Å². The van der Waals surface area contributed by atoms with Gasteiger partial charge in [0.1, 0.15) is 6.61 Å². The molecule has 1 fully saturated rings. The number of ketones is 1. The minimum atomic E-state index is -0.293. The molecular weight excluding hydrogens is 274 g/mol. The van der Waals surface area contributed by atoms with E-state index >= 15 is 0 Å². The first-order valence-electron chi connectivity index (χ1n) is 7.01. The number of methoxy groups -OCH3 is 1. The van der Waals surface area contributed by atoms with Crippen molar-refractivity contribution in [3.05, 3.63) is 11.8 Å². The molecule has 0 radical (unpaired) electrons. The first-order valence-corrected chi connectivity index (χ1v) is 7.01. The number of ether oxygens (including phenoxy) is 2. The topological polar surface area (TPSA) is 82.0 Å². The van der Waals surface area contributed by atoms with Gasteiger partial charge in [-0.3, -0.25) is 19.4 Å². The fourth-order valence-corrected chi connectivity index (χ4v) is 2.64. The summed E-state index contributed by atoms with van der Waals surface area (Å²) in [5.74, 6) is -1.07. The van der Waals surface area contributed by atoms with Crippen LogP contribution in [0, 0.1) is 11.8 Å². The van der Waals surface area contributed by atoms with Crippen LogP contribution in [-0.2, 0) is 23.9 Å². The zero-order valence-corrected chi connectivity index (χ0v) is 12.3. The van der Waals surface area contributed by atoms with Gasteiger partial charge in [0.2, 0.25) is 0 Å². The fraction of sp³-hybridized carbons (Fsp3) is 0.600. The lowest BCUT2D eigenvalue weighted by atomic mass is 10.1. The lowest BCUT2D eigenvalue weighted by Gasteiger charge is -2.11.